The highest BCUT2D eigenvalue weighted by molar-refractivity contribution is 5.87. The maximum Gasteiger partial charge on any atom is 0.183 e. The number of anilines is 3. The van der Waals surface area contributed by atoms with Crippen LogP contribution in [0.15, 0.2) is 242 Å². The first-order valence-corrected chi connectivity index (χ1v) is 21.2. The number of fused-ring (bicyclic) bond motifs is 3. The summed E-state index contributed by atoms with van der Waals surface area (Å²) in [4.78, 5) is 2.37. The van der Waals surface area contributed by atoms with E-state index >= 15 is 0 Å². The maximum absolute atomic E-state index is 6.59. The predicted octanol–water partition coefficient (Wildman–Crippen LogP) is 14.2. The van der Waals surface area contributed by atoms with Crippen molar-refractivity contribution in [3.05, 3.63) is 270 Å². The monoisotopic (exact) mass is 808 g/mol. The van der Waals surface area contributed by atoms with E-state index in [-0.39, 0.29) is 12.1 Å². The average Bonchev–Trinajstić information content (AvgIpc) is 3.87. The van der Waals surface area contributed by atoms with Gasteiger partial charge in [0.05, 0.1) is 13.0 Å². The van der Waals surface area contributed by atoms with Crippen LogP contribution in [0.2, 0.25) is 0 Å². The summed E-state index contributed by atoms with van der Waals surface area (Å²) in [6, 6.07) is 44.7. The number of nitrogens with zero attached hydrogens (tertiary/aromatic N) is 1. The summed E-state index contributed by atoms with van der Waals surface area (Å²) in [5, 5.41) is 3.70. The lowest BCUT2D eigenvalue weighted by molar-refractivity contribution is 0.231. The number of hydrogen-bond donors (Lipinski definition) is 1. The lowest BCUT2D eigenvalue weighted by atomic mass is 9.85. The Morgan fingerprint density at radius 1 is 0.871 bits per heavy atom. The molecule has 2 heterocycles. The van der Waals surface area contributed by atoms with E-state index in [0.717, 1.165) is 64.5 Å². The highest BCUT2D eigenvalue weighted by Crippen LogP contribution is 2.49. The van der Waals surface area contributed by atoms with Crippen molar-refractivity contribution in [2.45, 2.75) is 31.4 Å². The predicted molar refractivity (Wildman–Crippen MR) is 261 cm³/mol. The molecule has 5 aromatic rings. The molecule has 2 aliphatic heterocycles. The zero-order chi connectivity index (χ0) is 42.7. The Morgan fingerprint density at radius 3 is 2.44 bits per heavy atom. The van der Waals surface area contributed by atoms with E-state index in [4.69, 9.17) is 9.47 Å². The zero-order valence-electron chi connectivity index (χ0n) is 35.3. The first-order valence-electron chi connectivity index (χ1n) is 21.2. The van der Waals surface area contributed by atoms with Crippen LogP contribution in [0.25, 0.3) is 11.1 Å². The molecular weight excluding hydrogens is 757 g/mol. The molecule has 0 aromatic heterocycles. The van der Waals surface area contributed by atoms with E-state index in [2.05, 4.69) is 181 Å². The van der Waals surface area contributed by atoms with E-state index in [0.29, 0.717) is 12.2 Å². The Labute approximate surface area is 367 Å². The Balaban J connectivity index is 1.13. The van der Waals surface area contributed by atoms with Gasteiger partial charge in [0.1, 0.15) is 11.5 Å². The molecule has 0 radical (unpaired) electrons. The summed E-state index contributed by atoms with van der Waals surface area (Å²) in [5.74, 6) is 1.70. The fraction of sp³-hybridized carbons (Fsp3) is 0.121. The fourth-order valence-electron chi connectivity index (χ4n) is 8.44. The van der Waals surface area contributed by atoms with Gasteiger partial charge in [-0.05, 0) is 101 Å². The number of nitrogens with one attached hydrogen (secondary N) is 1. The van der Waals surface area contributed by atoms with E-state index in [1.807, 2.05) is 48.6 Å². The molecule has 0 spiro atoms. The van der Waals surface area contributed by atoms with Crippen LogP contribution in [-0.4, -0.2) is 19.9 Å². The van der Waals surface area contributed by atoms with Crippen molar-refractivity contribution in [3.8, 4) is 5.75 Å². The molecule has 4 nitrogen and oxygen atoms in total. The number of ether oxygens (including phenoxy) is 2. The molecule has 2 unspecified atom stereocenters. The second kappa shape index (κ2) is 19.7. The summed E-state index contributed by atoms with van der Waals surface area (Å²) >= 11 is 0. The quantitative estimate of drug-likeness (QED) is 0.0649. The van der Waals surface area contributed by atoms with Gasteiger partial charge in [-0.1, -0.05) is 165 Å². The standard InChI is InChI=1S/C58H52N2O2/c1-5-45(28-22-29-48-41-60(50-32-16-9-17-33-50)58-57(48)53-35-20-21-36-55(53)62-58)56(46-25-12-7-13-26-46)52-34-19-18-27-47(52)39-44-37-38-51(42(2)23-10-6-11-24-43(3)61-4)54(40-44)59-49-30-14-8-15-31-49/h5-22,24-25,27,29-38,40,57-59H,1-3,23,26,39,41H2,4H3/b10-6-,24-11-,48-29+,56-46-. The molecule has 1 aliphatic carbocycles. The first-order chi connectivity index (χ1) is 30.5. The van der Waals surface area contributed by atoms with Gasteiger partial charge in [0.15, 0.2) is 6.23 Å². The molecule has 1 fully saturated rings. The number of benzene rings is 5. The Morgan fingerprint density at radius 2 is 1.65 bits per heavy atom. The zero-order valence-corrected chi connectivity index (χ0v) is 35.3. The van der Waals surface area contributed by atoms with E-state index in [1.165, 1.54) is 33.4 Å². The minimum Gasteiger partial charge on any atom is -0.497 e. The molecule has 5 aromatic carbocycles. The van der Waals surface area contributed by atoms with Gasteiger partial charge in [0, 0.05) is 45.9 Å². The minimum atomic E-state index is -0.0942. The van der Waals surface area contributed by atoms with E-state index in [1.54, 1.807) is 7.11 Å². The van der Waals surface area contributed by atoms with Gasteiger partial charge in [-0.3, -0.25) is 0 Å². The number of para-hydroxylation sites is 3. The SMILES string of the molecule is C=CC(=C=C/C=C1\CN(c2ccccc2)C2Oc3ccccc3C12)/C(=C1\C=CC=CC1)c1ccccc1Cc1ccc(C(=C)C/C=C\C=C/C(=C)OC)c(Nc2ccccc2)c1. The summed E-state index contributed by atoms with van der Waals surface area (Å²) in [6.07, 6.45) is 25.0. The van der Waals surface area contributed by atoms with E-state index in [9.17, 15) is 0 Å². The highest BCUT2D eigenvalue weighted by Gasteiger charge is 2.46. The third kappa shape index (κ3) is 9.42. The fourth-order valence-corrected chi connectivity index (χ4v) is 8.44. The third-order valence-electron chi connectivity index (χ3n) is 11.5. The molecule has 0 amide bonds. The van der Waals surface area contributed by atoms with Crippen LogP contribution in [0.4, 0.5) is 17.1 Å². The topological polar surface area (TPSA) is 33.7 Å². The molecule has 0 bridgehead atoms. The van der Waals surface area contributed by atoms with Crippen molar-refractivity contribution in [2.75, 3.05) is 23.9 Å². The normalized spacial score (nSPS) is 17.6. The lowest BCUT2D eigenvalue weighted by Gasteiger charge is -2.25. The summed E-state index contributed by atoms with van der Waals surface area (Å²) in [7, 11) is 1.62. The highest BCUT2D eigenvalue weighted by atomic mass is 16.5. The van der Waals surface area contributed by atoms with Crippen LogP contribution in [0, 0.1) is 0 Å². The minimum absolute atomic E-state index is 0.0942. The molecule has 4 heteroatoms. The smallest absolute Gasteiger partial charge is 0.183 e. The molecule has 1 N–H and O–H groups in total. The van der Waals surface area contributed by atoms with Crippen molar-refractivity contribution in [1.82, 2.24) is 0 Å². The molecule has 2 atom stereocenters. The molecule has 1 saturated heterocycles. The van der Waals surface area contributed by atoms with Gasteiger partial charge in [0.2, 0.25) is 0 Å². The van der Waals surface area contributed by atoms with Crippen LogP contribution in [0.3, 0.4) is 0 Å². The van der Waals surface area contributed by atoms with E-state index < -0.39 is 0 Å². The van der Waals surface area contributed by atoms with Gasteiger partial charge in [-0.2, -0.15) is 0 Å². The van der Waals surface area contributed by atoms with Crippen molar-refractivity contribution in [3.63, 3.8) is 0 Å². The second-order valence-electron chi connectivity index (χ2n) is 15.5. The van der Waals surface area contributed by atoms with Crippen LogP contribution >= 0.6 is 0 Å². The molecule has 62 heavy (non-hydrogen) atoms. The van der Waals surface area contributed by atoms with Crippen molar-refractivity contribution in [2.24, 2.45) is 0 Å². The Bertz CT molecular complexity index is 2720. The number of allylic oxidation sites excluding steroid dienone is 14. The van der Waals surface area contributed by atoms with Crippen molar-refractivity contribution in [1.29, 1.82) is 0 Å². The molecule has 0 saturated carbocycles. The van der Waals surface area contributed by atoms with Gasteiger partial charge in [-0.15, -0.1) is 5.73 Å². The average molecular weight is 809 g/mol. The lowest BCUT2D eigenvalue weighted by Crippen LogP contribution is -2.33. The first kappa shape index (κ1) is 41.2. The summed E-state index contributed by atoms with van der Waals surface area (Å²) < 4.78 is 11.7. The molecule has 306 valence electrons. The Hall–Kier alpha value is -7.52. The van der Waals surface area contributed by atoms with Gasteiger partial charge >= 0.3 is 0 Å². The molecule has 3 aliphatic rings. The van der Waals surface area contributed by atoms with Crippen molar-refractivity contribution >= 4 is 28.2 Å². The molecule has 8 rings (SSSR count). The number of hydrogen-bond acceptors (Lipinski definition) is 4. The van der Waals surface area contributed by atoms with Crippen LogP contribution in [-0.2, 0) is 11.2 Å². The van der Waals surface area contributed by atoms with Gasteiger partial charge in [-0.25, -0.2) is 0 Å². The van der Waals surface area contributed by atoms with Gasteiger partial charge < -0.3 is 19.7 Å². The second-order valence-corrected chi connectivity index (χ2v) is 15.5. The number of rotatable bonds is 15. The summed E-state index contributed by atoms with van der Waals surface area (Å²) in [6.45, 7) is 13.5. The largest absolute Gasteiger partial charge is 0.497 e. The van der Waals surface area contributed by atoms with Crippen LogP contribution in [0.1, 0.15) is 46.6 Å². The number of methoxy groups -OCH3 is 1. The Kier molecular flexibility index (Phi) is 13.1. The maximum atomic E-state index is 6.59. The van der Waals surface area contributed by atoms with Gasteiger partial charge in [0.25, 0.3) is 0 Å². The third-order valence-corrected chi connectivity index (χ3v) is 11.5. The van der Waals surface area contributed by atoms with Crippen molar-refractivity contribution < 1.29 is 9.47 Å². The van der Waals surface area contributed by atoms with Crippen LogP contribution in [0.5, 0.6) is 5.75 Å². The summed E-state index contributed by atoms with van der Waals surface area (Å²) in [5.41, 5.74) is 18.4. The van der Waals surface area contributed by atoms with Crippen LogP contribution < -0.4 is 15.0 Å². The molecular formula is C58H52N2O2.